The van der Waals surface area contributed by atoms with Crippen molar-refractivity contribution in [1.29, 1.82) is 0 Å². The smallest absolute Gasteiger partial charge is 0.161 e. The molecule has 0 unspecified atom stereocenters. The number of methoxy groups -OCH3 is 1. The fourth-order valence-corrected chi connectivity index (χ4v) is 2.40. The van der Waals surface area contributed by atoms with Crippen LogP contribution in [-0.4, -0.2) is 39.2 Å². The molecule has 0 radical (unpaired) electrons. The van der Waals surface area contributed by atoms with Gasteiger partial charge in [-0.05, 0) is 49.8 Å². The highest BCUT2D eigenvalue weighted by atomic mass is 35.5. The molecule has 1 N–H and O–H groups in total. The Balaban J connectivity index is 0.00000312. The van der Waals surface area contributed by atoms with Gasteiger partial charge in [0.25, 0.3) is 0 Å². The van der Waals surface area contributed by atoms with Gasteiger partial charge >= 0.3 is 0 Å². The summed E-state index contributed by atoms with van der Waals surface area (Å²) in [5.41, 5.74) is 3.61. The van der Waals surface area contributed by atoms with Gasteiger partial charge in [-0.3, -0.25) is 0 Å². The largest absolute Gasteiger partial charge is 0.493 e. The monoisotopic (exact) mass is 400 g/mol. The molecule has 0 aromatic heterocycles. The minimum Gasteiger partial charge on any atom is -0.493 e. The summed E-state index contributed by atoms with van der Waals surface area (Å²) >= 11 is 0. The lowest BCUT2D eigenvalue weighted by Crippen LogP contribution is -2.26. The molecule has 0 aliphatic carbocycles. The van der Waals surface area contributed by atoms with Gasteiger partial charge in [0.05, 0.1) is 7.11 Å². The zero-order valence-corrected chi connectivity index (χ0v) is 17.6. The van der Waals surface area contributed by atoms with Gasteiger partial charge in [0.1, 0.15) is 6.61 Å². The second-order valence-electron chi connectivity index (χ2n) is 6.18. The molecule has 0 amide bonds. The lowest BCUT2D eigenvalue weighted by molar-refractivity contribution is 0.283. The summed E-state index contributed by atoms with van der Waals surface area (Å²) in [5, 5.41) is 3.43. The zero-order valence-electron chi connectivity index (χ0n) is 16.0. The average molecular weight is 401 g/mol. The number of aryl methyl sites for hydroxylation is 1. The van der Waals surface area contributed by atoms with Crippen LogP contribution < -0.4 is 14.8 Å². The lowest BCUT2D eigenvalue weighted by Gasteiger charge is -2.14. The topological polar surface area (TPSA) is 33.7 Å². The Morgan fingerprint density at radius 1 is 1.00 bits per heavy atom. The molecule has 0 heterocycles. The molecule has 2 rings (SSSR count). The van der Waals surface area contributed by atoms with Crippen molar-refractivity contribution in [2.75, 3.05) is 34.3 Å². The van der Waals surface area contributed by atoms with Crippen molar-refractivity contribution in [2.24, 2.45) is 0 Å². The molecule has 146 valence electrons. The van der Waals surface area contributed by atoms with Crippen LogP contribution in [0.2, 0.25) is 0 Å². The Kier molecular flexibility index (Phi) is 12.1. The van der Waals surface area contributed by atoms with Gasteiger partial charge in [-0.25, -0.2) is 0 Å². The first-order valence-electron chi connectivity index (χ1n) is 8.30. The van der Waals surface area contributed by atoms with Crippen LogP contribution in [0.3, 0.4) is 0 Å². The van der Waals surface area contributed by atoms with Gasteiger partial charge in [0.15, 0.2) is 11.5 Å². The predicted octanol–water partition coefficient (Wildman–Crippen LogP) is 4.08. The van der Waals surface area contributed by atoms with E-state index in [1.54, 1.807) is 7.11 Å². The number of ether oxygens (including phenoxy) is 2. The van der Waals surface area contributed by atoms with Crippen molar-refractivity contribution in [3.8, 4) is 11.5 Å². The molecule has 4 nitrogen and oxygen atoms in total. The Morgan fingerprint density at radius 3 is 2.38 bits per heavy atom. The molecule has 0 aliphatic rings. The predicted molar refractivity (Wildman–Crippen MR) is 113 cm³/mol. The highest BCUT2D eigenvalue weighted by molar-refractivity contribution is 5.85. The lowest BCUT2D eigenvalue weighted by atomic mass is 10.1. The highest BCUT2D eigenvalue weighted by Crippen LogP contribution is 2.29. The third kappa shape index (κ3) is 7.83. The normalized spacial score (nSPS) is 10.0. The van der Waals surface area contributed by atoms with Crippen molar-refractivity contribution in [3.05, 3.63) is 59.2 Å². The molecule has 0 spiro atoms. The van der Waals surface area contributed by atoms with E-state index in [1.807, 2.05) is 24.3 Å². The van der Waals surface area contributed by atoms with E-state index in [0.717, 1.165) is 31.1 Å². The zero-order chi connectivity index (χ0) is 17.4. The van der Waals surface area contributed by atoms with Crippen LogP contribution in [0.15, 0.2) is 42.5 Å². The van der Waals surface area contributed by atoms with Gasteiger partial charge < -0.3 is 19.7 Å². The van der Waals surface area contributed by atoms with E-state index in [-0.39, 0.29) is 24.8 Å². The summed E-state index contributed by atoms with van der Waals surface area (Å²) in [4.78, 5) is 2.16. The molecular weight excluding hydrogens is 371 g/mol. The van der Waals surface area contributed by atoms with E-state index in [9.17, 15) is 0 Å². The number of halogens is 2. The summed E-state index contributed by atoms with van der Waals surface area (Å²) in [5.74, 6) is 1.55. The third-order valence-corrected chi connectivity index (χ3v) is 3.94. The van der Waals surface area contributed by atoms with Crippen LogP contribution in [0.25, 0.3) is 0 Å². The van der Waals surface area contributed by atoms with Crippen molar-refractivity contribution >= 4 is 24.8 Å². The Morgan fingerprint density at radius 2 is 1.73 bits per heavy atom. The Bertz CT molecular complexity index is 651. The minimum absolute atomic E-state index is 0. The van der Waals surface area contributed by atoms with Crippen LogP contribution in [0, 0.1) is 6.92 Å². The molecule has 26 heavy (non-hydrogen) atoms. The van der Waals surface area contributed by atoms with E-state index in [2.05, 4.69) is 49.4 Å². The average Bonchev–Trinajstić information content (AvgIpc) is 2.58. The minimum atomic E-state index is 0. The first-order valence-corrected chi connectivity index (χ1v) is 8.30. The molecule has 0 bridgehead atoms. The second kappa shape index (κ2) is 12.8. The molecule has 0 atom stereocenters. The van der Waals surface area contributed by atoms with Crippen molar-refractivity contribution < 1.29 is 9.47 Å². The molecule has 0 aliphatic heterocycles. The van der Waals surface area contributed by atoms with Crippen molar-refractivity contribution in [2.45, 2.75) is 20.1 Å². The van der Waals surface area contributed by atoms with Gasteiger partial charge in [0, 0.05) is 19.6 Å². The Labute approximate surface area is 169 Å². The van der Waals surface area contributed by atoms with Crippen LogP contribution in [-0.2, 0) is 13.2 Å². The number of benzene rings is 2. The van der Waals surface area contributed by atoms with Gasteiger partial charge in [0.2, 0.25) is 0 Å². The fraction of sp³-hybridized carbons (Fsp3) is 0.400. The first kappa shape index (κ1) is 24.5. The summed E-state index contributed by atoms with van der Waals surface area (Å²) in [6.45, 7) is 5.44. The van der Waals surface area contributed by atoms with E-state index >= 15 is 0 Å². The number of rotatable bonds is 9. The summed E-state index contributed by atoms with van der Waals surface area (Å²) < 4.78 is 11.4. The molecule has 0 fully saturated rings. The quantitative estimate of drug-likeness (QED) is 0.642. The Hall–Kier alpha value is -1.46. The van der Waals surface area contributed by atoms with Gasteiger partial charge in [-0.2, -0.15) is 0 Å². The summed E-state index contributed by atoms with van der Waals surface area (Å²) in [6.07, 6.45) is 0. The number of hydrogen-bond acceptors (Lipinski definition) is 4. The summed E-state index contributed by atoms with van der Waals surface area (Å²) in [6, 6.07) is 14.4. The van der Waals surface area contributed by atoms with E-state index < -0.39 is 0 Å². The van der Waals surface area contributed by atoms with Crippen LogP contribution in [0.4, 0.5) is 0 Å². The van der Waals surface area contributed by atoms with Crippen LogP contribution in [0.5, 0.6) is 11.5 Å². The molecule has 2 aromatic rings. The number of nitrogens with one attached hydrogen (secondary N) is 1. The van der Waals surface area contributed by atoms with Gasteiger partial charge in [-0.15, -0.1) is 24.8 Å². The maximum absolute atomic E-state index is 5.95. The third-order valence-electron chi connectivity index (χ3n) is 3.94. The standard InChI is InChI=1S/C20H28N2O2.2ClH/c1-16-7-5-6-8-18(16)15-24-19-10-9-17(13-20(19)23-4)14-21-11-12-22(2)3;;/h5-10,13,21H,11-12,14-15H2,1-4H3;2*1H. The van der Waals surface area contributed by atoms with E-state index in [4.69, 9.17) is 9.47 Å². The fourth-order valence-electron chi connectivity index (χ4n) is 2.40. The maximum atomic E-state index is 5.95. The SMILES string of the molecule is COc1cc(CNCCN(C)C)ccc1OCc1ccccc1C.Cl.Cl. The summed E-state index contributed by atoms with van der Waals surface area (Å²) in [7, 11) is 5.83. The molecule has 0 saturated carbocycles. The number of nitrogens with zero attached hydrogens (tertiary/aromatic N) is 1. The molecule has 6 heteroatoms. The van der Waals surface area contributed by atoms with E-state index in [1.165, 1.54) is 16.7 Å². The van der Waals surface area contributed by atoms with Crippen LogP contribution in [0.1, 0.15) is 16.7 Å². The van der Waals surface area contributed by atoms with E-state index in [0.29, 0.717) is 6.61 Å². The second-order valence-corrected chi connectivity index (χ2v) is 6.18. The molecule has 2 aromatic carbocycles. The maximum Gasteiger partial charge on any atom is 0.161 e. The molecular formula is C20H30Cl2N2O2. The van der Waals surface area contributed by atoms with Crippen molar-refractivity contribution in [1.82, 2.24) is 10.2 Å². The molecule has 0 saturated heterocycles. The van der Waals surface area contributed by atoms with Crippen LogP contribution >= 0.6 is 24.8 Å². The highest BCUT2D eigenvalue weighted by Gasteiger charge is 2.07. The van der Waals surface area contributed by atoms with Gasteiger partial charge in [-0.1, -0.05) is 30.3 Å². The first-order chi connectivity index (χ1) is 11.6. The van der Waals surface area contributed by atoms with Crippen molar-refractivity contribution in [3.63, 3.8) is 0 Å². The number of hydrogen-bond donors (Lipinski definition) is 1. The number of likely N-dealkylation sites (N-methyl/N-ethyl adjacent to an activating group) is 1.